The molecule has 0 amide bonds. The van der Waals surface area contributed by atoms with Crippen molar-refractivity contribution in [1.29, 1.82) is 0 Å². The van der Waals surface area contributed by atoms with E-state index >= 15 is 0 Å². The number of nitrogens with one attached hydrogen (secondary N) is 1. The zero-order chi connectivity index (χ0) is 15.1. The first-order chi connectivity index (χ1) is 10.2. The molecular formula is C16H25ClF2N2O. The Morgan fingerprint density at radius 2 is 2.05 bits per heavy atom. The van der Waals surface area contributed by atoms with Crippen molar-refractivity contribution < 1.29 is 13.5 Å². The van der Waals surface area contributed by atoms with Gasteiger partial charge in [-0.25, -0.2) is 0 Å². The Balaban J connectivity index is 0.00000242. The summed E-state index contributed by atoms with van der Waals surface area (Å²) in [5.74, 6) is 1.05. The van der Waals surface area contributed by atoms with Crippen LogP contribution in [0.1, 0.15) is 24.8 Å². The summed E-state index contributed by atoms with van der Waals surface area (Å²) in [4.78, 5) is 2.39. The summed E-state index contributed by atoms with van der Waals surface area (Å²) >= 11 is 0. The molecule has 0 aromatic heterocycles. The number of benzene rings is 1. The molecule has 1 aliphatic heterocycles. The van der Waals surface area contributed by atoms with Gasteiger partial charge in [-0.1, -0.05) is 12.1 Å². The fourth-order valence-corrected chi connectivity index (χ4v) is 2.86. The molecule has 0 atom stereocenters. The predicted molar refractivity (Wildman–Crippen MR) is 86.9 cm³/mol. The van der Waals surface area contributed by atoms with E-state index in [9.17, 15) is 8.78 Å². The number of ether oxygens (including phenoxy) is 1. The number of hydrogen-bond acceptors (Lipinski definition) is 3. The van der Waals surface area contributed by atoms with Crippen molar-refractivity contribution in [2.24, 2.45) is 5.92 Å². The van der Waals surface area contributed by atoms with Crippen LogP contribution in [0.3, 0.4) is 0 Å². The van der Waals surface area contributed by atoms with E-state index in [1.165, 1.54) is 19.3 Å². The van der Waals surface area contributed by atoms with Gasteiger partial charge in [0.1, 0.15) is 5.75 Å². The number of halogens is 3. The number of hydrogen-bond donors (Lipinski definition) is 1. The maximum Gasteiger partial charge on any atom is 0.387 e. The third-order valence-corrected chi connectivity index (χ3v) is 4.04. The van der Waals surface area contributed by atoms with E-state index in [0.717, 1.165) is 37.7 Å². The van der Waals surface area contributed by atoms with Gasteiger partial charge in [-0.15, -0.1) is 12.4 Å². The van der Waals surface area contributed by atoms with Crippen molar-refractivity contribution in [1.82, 2.24) is 10.2 Å². The molecule has 0 saturated carbocycles. The molecular weight excluding hydrogens is 310 g/mol. The zero-order valence-electron chi connectivity index (χ0n) is 12.9. The maximum absolute atomic E-state index is 12.2. The lowest BCUT2D eigenvalue weighted by Crippen LogP contribution is -2.34. The lowest BCUT2D eigenvalue weighted by molar-refractivity contribution is -0.0499. The standard InChI is InChI=1S/C16H24F2N2O.ClH/c1-19-8-5-13-6-9-20(10-7-13)12-14-3-2-4-15(11-14)21-16(17)18;/h2-4,11,13,16,19H,5-10,12H2,1H3;1H. The molecule has 1 aromatic rings. The molecule has 22 heavy (non-hydrogen) atoms. The van der Waals surface area contributed by atoms with Crippen molar-refractivity contribution in [3.05, 3.63) is 29.8 Å². The first-order valence-electron chi connectivity index (χ1n) is 7.58. The molecule has 0 spiro atoms. The van der Waals surface area contributed by atoms with Crippen molar-refractivity contribution in [2.75, 3.05) is 26.7 Å². The van der Waals surface area contributed by atoms with Crippen LogP contribution < -0.4 is 10.1 Å². The van der Waals surface area contributed by atoms with Gasteiger partial charge in [-0.3, -0.25) is 4.90 Å². The highest BCUT2D eigenvalue weighted by Crippen LogP contribution is 2.23. The molecule has 1 aliphatic rings. The summed E-state index contributed by atoms with van der Waals surface area (Å²) < 4.78 is 28.9. The van der Waals surface area contributed by atoms with Crippen LogP contribution in [0, 0.1) is 5.92 Å². The highest BCUT2D eigenvalue weighted by Gasteiger charge is 2.18. The third-order valence-electron chi connectivity index (χ3n) is 4.04. The molecule has 0 radical (unpaired) electrons. The number of likely N-dealkylation sites (tertiary alicyclic amines) is 1. The van der Waals surface area contributed by atoms with Gasteiger partial charge in [0.15, 0.2) is 0 Å². The summed E-state index contributed by atoms with van der Waals surface area (Å²) in [5, 5.41) is 3.20. The minimum Gasteiger partial charge on any atom is -0.435 e. The molecule has 3 nitrogen and oxygen atoms in total. The average molecular weight is 335 g/mol. The summed E-state index contributed by atoms with van der Waals surface area (Å²) in [6, 6.07) is 7.01. The highest BCUT2D eigenvalue weighted by atomic mass is 35.5. The van der Waals surface area contributed by atoms with E-state index in [0.29, 0.717) is 0 Å². The van der Waals surface area contributed by atoms with Crippen molar-refractivity contribution >= 4 is 12.4 Å². The minimum atomic E-state index is -2.76. The molecule has 1 N–H and O–H groups in total. The van der Waals surface area contributed by atoms with E-state index in [1.54, 1.807) is 18.2 Å². The second-order valence-electron chi connectivity index (χ2n) is 5.64. The second kappa shape index (κ2) is 9.98. The van der Waals surface area contributed by atoms with Gasteiger partial charge in [0, 0.05) is 6.54 Å². The summed E-state index contributed by atoms with van der Waals surface area (Å²) in [7, 11) is 1.99. The predicted octanol–water partition coefficient (Wildman–Crippen LogP) is 3.53. The zero-order valence-corrected chi connectivity index (χ0v) is 13.7. The van der Waals surface area contributed by atoms with Crippen molar-refractivity contribution in [3.8, 4) is 5.75 Å². The summed E-state index contributed by atoms with van der Waals surface area (Å²) in [5.41, 5.74) is 1.03. The first-order valence-corrected chi connectivity index (χ1v) is 7.58. The minimum absolute atomic E-state index is 0. The van der Waals surface area contributed by atoms with E-state index in [4.69, 9.17) is 0 Å². The van der Waals surface area contributed by atoms with Crippen LogP contribution in [0.25, 0.3) is 0 Å². The van der Waals surface area contributed by atoms with Crippen LogP contribution in [-0.2, 0) is 6.54 Å². The van der Waals surface area contributed by atoms with Gasteiger partial charge in [0.05, 0.1) is 0 Å². The van der Waals surface area contributed by atoms with Crippen LogP contribution in [0.4, 0.5) is 8.78 Å². The fraction of sp³-hybridized carbons (Fsp3) is 0.625. The van der Waals surface area contributed by atoms with Crippen molar-refractivity contribution in [3.63, 3.8) is 0 Å². The molecule has 6 heteroatoms. The maximum atomic E-state index is 12.2. The molecule has 0 bridgehead atoms. The van der Waals surface area contributed by atoms with Gasteiger partial charge < -0.3 is 10.1 Å². The Hall–Kier alpha value is -0.910. The van der Waals surface area contributed by atoms with E-state index in [-0.39, 0.29) is 18.2 Å². The van der Waals surface area contributed by atoms with Gasteiger partial charge in [0.25, 0.3) is 0 Å². The monoisotopic (exact) mass is 334 g/mol. The van der Waals surface area contributed by atoms with Crippen LogP contribution in [0.2, 0.25) is 0 Å². The summed E-state index contributed by atoms with van der Waals surface area (Å²) in [6.45, 7) is 1.28. The molecule has 1 saturated heterocycles. The lowest BCUT2D eigenvalue weighted by atomic mass is 9.93. The Kier molecular flexibility index (Phi) is 8.68. The van der Waals surface area contributed by atoms with Gasteiger partial charge in [0.2, 0.25) is 0 Å². The quantitative estimate of drug-likeness (QED) is 0.825. The SMILES string of the molecule is CNCCC1CCN(Cc2cccc(OC(F)F)c2)CC1.Cl. The lowest BCUT2D eigenvalue weighted by Gasteiger charge is -2.32. The Morgan fingerprint density at radius 3 is 2.68 bits per heavy atom. The van der Waals surface area contributed by atoms with E-state index in [2.05, 4.69) is 15.0 Å². The first kappa shape index (κ1) is 19.1. The molecule has 1 aromatic carbocycles. The fourth-order valence-electron chi connectivity index (χ4n) is 2.86. The van der Waals surface area contributed by atoms with Gasteiger partial charge in [-0.2, -0.15) is 8.78 Å². The topological polar surface area (TPSA) is 24.5 Å². The van der Waals surface area contributed by atoms with Crippen LogP contribution in [0.5, 0.6) is 5.75 Å². The van der Waals surface area contributed by atoms with Gasteiger partial charge >= 0.3 is 6.61 Å². The van der Waals surface area contributed by atoms with E-state index in [1.807, 2.05) is 13.1 Å². The molecule has 0 unspecified atom stereocenters. The highest BCUT2D eigenvalue weighted by molar-refractivity contribution is 5.85. The molecule has 1 heterocycles. The molecule has 0 aliphatic carbocycles. The smallest absolute Gasteiger partial charge is 0.387 e. The van der Waals surface area contributed by atoms with Crippen LogP contribution in [-0.4, -0.2) is 38.2 Å². The summed E-state index contributed by atoms with van der Waals surface area (Å²) in [6.07, 6.45) is 3.67. The van der Waals surface area contributed by atoms with Crippen LogP contribution >= 0.6 is 12.4 Å². The van der Waals surface area contributed by atoms with Crippen molar-refractivity contribution in [2.45, 2.75) is 32.4 Å². The Morgan fingerprint density at radius 1 is 1.32 bits per heavy atom. The molecule has 2 rings (SSSR count). The molecule has 1 fully saturated rings. The normalized spacial score (nSPS) is 16.5. The Labute approximate surface area is 137 Å². The number of nitrogens with zero attached hydrogens (tertiary/aromatic N) is 1. The third kappa shape index (κ3) is 6.46. The van der Waals surface area contributed by atoms with E-state index < -0.39 is 6.61 Å². The number of piperidine rings is 1. The van der Waals surface area contributed by atoms with Crippen LogP contribution in [0.15, 0.2) is 24.3 Å². The number of rotatable bonds is 7. The van der Waals surface area contributed by atoms with Gasteiger partial charge in [-0.05, 0) is 69.6 Å². The average Bonchev–Trinajstić information content (AvgIpc) is 2.46. The number of alkyl halides is 2. The molecule has 126 valence electrons. The second-order valence-corrected chi connectivity index (χ2v) is 5.64. The Bertz CT molecular complexity index is 426. The largest absolute Gasteiger partial charge is 0.435 e.